The lowest BCUT2D eigenvalue weighted by atomic mass is 9.73. The summed E-state index contributed by atoms with van der Waals surface area (Å²) in [5.74, 6) is -1.83. The van der Waals surface area contributed by atoms with Crippen LogP contribution in [0.15, 0.2) is 11.0 Å². The summed E-state index contributed by atoms with van der Waals surface area (Å²) in [7, 11) is 0. The highest BCUT2D eigenvalue weighted by atomic mass is 32.1. The molecule has 196 valence electrons. The number of ether oxygens (including phenoxy) is 1. The maximum atomic E-state index is 13.1. The van der Waals surface area contributed by atoms with Gasteiger partial charge in [0.25, 0.3) is 0 Å². The highest BCUT2D eigenvalue weighted by molar-refractivity contribution is 7.09. The number of hydrogen-bond acceptors (Lipinski definition) is 8. The molecule has 5 unspecified atom stereocenters. The number of aliphatic hydroxyl groups is 1. The summed E-state index contributed by atoms with van der Waals surface area (Å²) in [6, 6.07) is 0. The molecule has 0 saturated carbocycles. The second-order valence-electron chi connectivity index (χ2n) is 10.7. The minimum Gasteiger partial charge on any atom is -0.458 e. The van der Waals surface area contributed by atoms with Gasteiger partial charge in [-0.3, -0.25) is 14.4 Å². The van der Waals surface area contributed by atoms with Gasteiger partial charge in [-0.05, 0) is 63.5 Å². The maximum Gasteiger partial charge on any atom is 0.313 e. The van der Waals surface area contributed by atoms with Crippen molar-refractivity contribution in [1.82, 2.24) is 4.98 Å². The number of ketones is 2. The van der Waals surface area contributed by atoms with Crippen molar-refractivity contribution in [3.63, 3.8) is 0 Å². The van der Waals surface area contributed by atoms with Gasteiger partial charge in [0.2, 0.25) is 0 Å². The van der Waals surface area contributed by atoms with Crippen molar-refractivity contribution < 1.29 is 24.2 Å². The van der Waals surface area contributed by atoms with E-state index in [1.54, 1.807) is 6.92 Å². The summed E-state index contributed by atoms with van der Waals surface area (Å²) in [5.41, 5.74) is 5.91. The predicted octanol–water partition coefficient (Wildman–Crippen LogP) is 4.70. The van der Waals surface area contributed by atoms with Gasteiger partial charge < -0.3 is 15.6 Å². The molecule has 2 heterocycles. The van der Waals surface area contributed by atoms with Crippen LogP contribution in [0.3, 0.4) is 0 Å². The summed E-state index contributed by atoms with van der Waals surface area (Å²) in [5, 5.41) is 13.5. The first-order valence-corrected chi connectivity index (χ1v) is 13.5. The molecule has 0 aliphatic carbocycles. The zero-order valence-corrected chi connectivity index (χ0v) is 22.8. The van der Waals surface area contributed by atoms with E-state index in [9.17, 15) is 19.5 Å². The second kappa shape index (κ2) is 12.9. The Morgan fingerprint density at radius 2 is 1.89 bits per heavy atom. The molecule has 5 atom stereocenters. The number of hydrogen-bond donors (Lipinski definition) is 2. The summed E-state index contributed by atoms with van der Waals surface area (Å²) in [6.45, 7) is 11.1. The number of esters is 1. The molecule has 3 N–H and O–H groups in total. The van der Waals surface area contributed by atoms with E-state index in [1.807, 2.05) is 25.3 Å². The topological polar surface area (TPSA) is 120 Å². The van der Waals surface area contributed by atoms with E-state index in [0.29, 0.717) is 18.9 Å². The van der Waals surface area contributed by atoms with Gasteiger partial charge in [-0.1, -0.05) is 33.6 Å². The molecular weight excluding hydrogens is 464 g/mol. The average molecular weight is 507 g/mol. The summed E-state index contributed by atoms with van der Waals surface area (Å²) < 4.78 is 5.79. The van der Waals surface area contributed by atoms with Crippen molar-refractivity contribution in [2.75, 3.05) is 0 Å². The van der Waals surface area contributed by atoms with Crippen LogP contribution in [-0.2, 0) is 25.7 Å². The van der Waals surface area contributed by atoms with Crippen LogP contribution < -0.4 is 5.73 Å². The average Bonchev–Trinajstić information content (AvgIpc) is 3.26. The lowest BCUT2D eigenvalue weighted by Gasteiger charge is -2.31. The quantitative estimate of drug-likeness (QED) is 0.450. The SMILES string of the molecule is CC(=Cc1csc(CN)n1)C1CCC(C)CCCC(C)C(O)C(C)C(=O)C(C)(C)C(=O)CC(=O)O1. The molecule has 1 fully saturated rings. The smallest absolute Gasteiger partial charge is 0.313 e. The molecule has 0 bridgehead atoms. The van der Waals surface area contributed by atoms with Gasteiger partial charge in [0.05, 0.1) is 17.2 Å². The largest absolute Gasteiger partial charge is 0.458 e. The summed E-state index contributed by atoms with van der Waals surface area (Å²) in [6.07, 6.45) is 4.33. The Bertz CT molecular complexity index is 922. The Labute approximate surface area is 213 Å². The van der Waals surface area contributed by atoms with Crippen molar-refractivity contribution in [1.29, 1.82) is 0 Å². The highest BCUT2D eigenvalue weighted by Gasteiger charge is 2.42. The monoisotopic (exact) mass is 506 g/mol. The summed E-state index contributed by atoms with van der Waals surface area (Å²) in [4.78, 5) is 43.4. The zero-order valence-electron chi connectivity index (χ0n) is 22.0. The Hall–Kier alpha value is -1.90. The number of nitrogens with two attached hydrogens (primary N) is 1. The zero-order chi connectivity index (χ0) is 26.3. The van der Waals surface area contributed by atoms with E-state index in [-0.39, 0.29) is 11.7 Å². The van der Waals surface area contributed by atoms with Crippen LogP contribution in [0.4, 0.5) is 0 Å². The Morgan fingerprint density at radius 3 is 2.51 bits per heavy atom. The Morgan fingerprint density at radius 1 is 1.20 bits per heavy atom. The van der Waals surface area contributed by atoms with Crippen LogP contribution >= 0.6 is 11.3 Å². The standard InChI is InChI=1S/C27H42N2O5S/c1-16-8-7-9-17(2)25(32)19(4)26(33)27(5,6)22(30)13-24(31)34-21(11-10-16)18(3)12-20-15-35-23(14-28)29-20/h12,15-17,19,21,25,32H,7-11,13-14,28H2,1-6H3. The van der Waals surface area contributed by atoms with Gasteiger partial charge in [0, 0.05) is 17.8 Å². The van der Waals surface area contributed by atoms with Gasteiger partial charge in [-0.15, -0.1) is 11.3 Å². The van der Waals surface area contributed by atoms with E-state index < -0.39 is 41.7 Å². The van der Waals surface area contributed by atoms with E-state index in [1.165, 1.54) is 25.2 Å². The number of carbonyl (C=O) groups excluding carboxylic acids is 3. The first kappa shape index (κ1) is 29.3. The normalized spacial score (nSPS) is 30.2. The van der Waals surface area contributed by atoms with Crippen molar-refractivity contribution in [3.05, 3.63) is 21.7 Å². The van der Waals surface area contributed by atoms with Gasteiger partial charge in [-0.25, -0.2) is 4.98 Å². The minimum atomic E-state index is -1.38. The number of rotatable bonds is 3. The molecule has 35 heavy (non-hydrogen) atoms. The molecule has 0 amide bonds. The number of aliphatic hydroxyl groups excluding tert-OH is 1. The molecule has 1 aliphatic rings. The number of Topliss-reactive ketones (excluding diaryl/α,β-unsaturated/α-hetero) is 2. The molecule has 1 aliphatic heterocycles. The fourth-order valence-electron chi connectivity index (χ4n) is 4.64. The minimum absolute atomic E-state index is 0.0561. The molecule has 2 rings (SSSR count). The van der Waals surface area contributed by atoms with Crippen LogP contribution in [0.25, 0.3) is 6.08 Å². The van der Waals surface area contributed by atoms with Crippen LogP contribution in [0.5, 0.6) is 0 Å². The van der Waals surface area contributed by atoms with Crippen LogP contribution in [-0.4, -0.2) is 39.8 Å². The Balaban J connectivity index is 2.28. The van der Waals surface area contributed by atoms with Gasteiger partial charge in [0.1, 0.15) is 17.5 Å². The van der Waals surface area contributed by atoms with Crippen LogP contribution in [0.2, 0.25) is 0 Å². The van der Waals surface area contributed by atoms with E-state index >= 15 is 0 Å². The number of carbonyl (C=O) groups is 3. The van der Waals surface area contributed by atoms with Gasteiger partial charge >= 0.3 is 5.97 Å². The molecule has 0 spiro atoms. The molecule has 7 nitrogen and oxygen atoms in total. The first-order valence-electron chi connectivity index (χ1n) is 12.6. The third-order valence-corrected chi connectivity index (χ3v) is 8.20. The second-order valence-corrected chi connectivity index (χ2v) is 11.6. The lowest BCUT2D eigenvalue weighted by Crippen LogP contribution is -2.43. The lowest BCUT2D eigenvalue weighted by molar-refractivity contribution is -0.153. The predicted molar refractivity (Wildman–Crippen MR) is 139 cm³/mol. The van der Waals surface area contributed by atoms with E-state index in [2.05, 4.69) is 11.9 Å². The first-order chi connectivity index (χ1) is 16.4. The van der Waals surface area contributed by atoms with Crippen LogP contribution in [0.1, 0.15) is 90.8 Å². The number of cyclic esters (lactones) is 1. The molecule has 1 aromatic heterocycles. The third-order valence-electron chi connectivity index (χ3n) is 7.31. The molecular formula is C27H42N2O5S. The Kier molecular flexibility index (Phi) is 10.8. The number of nitrogens with zero attached hydrogens (tertiary/aromatic N) is 1. The van der Waals surface area contributed by atoms with Gasteiger partial charge in [0.15, 0.2) is 11.6 Å². The van der Waals surface area contributed by atoms with Crippen LogP contribution in [0, 0.1) is 23.2 Å². The molecule has 1 aromatic rings. The summed E-state index contributed by atoms with van der Waals surface area (Å²) >= 11 is 1.48. The molecule has 8 heteroatoms. The third kappa shape index (κ3) is 8.05. The van der Waals surface area contributed by atoms with E-state index in [4.69, 9.17) is 10.5 Å². The molecule has 0 radical (unpaired) electrons. The molecule has 1 saturated heterocycles. The van der Waals surface area contributed by atoms with Crippen molar-refractivity contribution in [3.8, 4) is 0 Å². The molecule has 0 aromatic carbocycles. The highest BCUT2D eigenvalue weighted by Crippen LogP contribution is 2.31. The van der Waals surface area contributed by atoms with Crippen molar-refractivity contribution in [2.45, 2.75) is 98.8 Å². The fraction of sp³-hybridized carbons (Fsp3) is 0.704. The van der Waals surface area contributed by atoms with Crippen molar-refractivity contribution in [2.24, 2.45) is 28.9 Å². The van der Waals surface area contributed by atoms with E-state index in [0.717, 1.165) is 42.0 Å². The number of aromatic nitrogens is 1. The van der Waals surface area contributed by atoms with Gasteiger partial charge in [-0.2, -0.15) is 0 Å². The fourth-order valence-corrected chi connectivity index (χ4v) is 5.27. The maximum absolute atomic E-state index is 13.1. The number of thiazole rings is 1. The van der Waals surface area contributed by atoms with Crippen molar-refractivity contribution >= 4 is 34.9 Å².